The lowest BCUT2D eigenvalue weighted by Gasteiger charge is -2.11. The molecule has 1 aromatic rings. The molecular formula is C8H3F5O2. The Kier molecular flexibility index (Phi) is 2.92. The molecule has 1 aromatic carbocycles. The predicted molar refractivity (Wildman–Crippen MR) is 38.4 cm³/mol. The molecule has 0 unspecified atom stereocenters. The largest absolute Gasteiger partial charge is 0.573 e. The number of hydrogen-bond acceptors (Lipinski definition) is 2. The molecule has 0 N–H and O–H groups in total. The molecule has 0 bridgehead atoms. The van der Waals surface area contributed by atoms with Crippen molar-refractivity contribution in [2.75, 3.05) is 0 Å². The molecule has 0 fully saturated rings. The summed E-state index contributed by atoms with van der Waals surface area (Å²) in [5, 5.41) is 0. The summed E-state index contributed by atoms with van der Waals surface area (Å²) in [6.45, 7) is 0. The monoisotopic (exact) mass is 226 g/mol. The van der Waals surface area contributed by atoms with E-state index in [1.54, 1.807) is 0 Å². The Morgan fingerprint density at radius 2 is 1.67 bits per heavy atom. The molecule has 0 aliphatic carbocycles. The highest BCUT2D eigenvalue weighted by Gasteiger charge is 2.34. The minimum Gasteiger partial charge on any atom is -0.402 e. The summed E-state index contributed by atoms with van der Waals surface area (Å²) in [5.74, 6) is -4.21. The van der Waals surface area contributed by atoms with Gasteiger partial charge in [-0.05, 0) is 12.1 Å². The van der Waals surface area contributed by atoms with E-state index in [1.807, 2.05) is 0 Å². The molecule has 0 amide bonds. The quantitative estimate of drug-likeness (QED) is 0.572. The number of carbonyl (C=O) groups is 1. The second-order valence-corrected chi connectivity index (χ2v) is 2.44. The van der Waals surface area contributed by atoms with Crippen LogP contribution in [0.25, 0.3) is 0 Å². The van der Waals surface area contributed by atoms with Gasteiger partial charge in [-0.3, -0.25) is 4.79 Å². The standard InChI is InChI=1S/C8H3F5O2/c9-5-1-2-6(10)7(4(5)3-14)15-8(11,12)13/h1-3H. The zero-order chi connectivity index (χ0) is 11.6. The first kappa shape index (κ1) is 11.4. The highest BCUT2D eigenvalue weighted by molar-refractivity contribution is 5.79. The van der Waals surface area contributed by atoms with Crippen LogP contribution in [0.3, 0.4) is 0 Å². The molecule has 82 valence electrons. The lowest BCUT2D eigenvalue weighted by molar-refractivity contribution is -0.275. The number of carbonyl (C=O) groups excluding carboxylic acids is 1. The Hall–Kier alpha value is -1.66. The Bertz CT molecular complexity index is 385. The van der Waals surface area contributed by atoms with Crippen molar-refractivity contribution in [3.05, 3.63) is 29.3 Å². The summed E-state index contributed by atoms with van der Waals surface area (Å²) >= 11 is 0. The van der Waals surface area contributed by atoms with Crippen LogP contribution in [0, 0.1) is 11.6 Å². The summed E-state index contributed by atoms with van der Waals surface area (Å²) in [6.07, 6.45) is -5.44. The third-order valence-electron chi connectivity index (χ3n) is 1.43. The van der Waals surface area contributed by atoms with Gasteiger partial charge in [-0.2, -0.15) is 0 Å². The number of halogens is 5. The van der Waals surface area contributed by atoms with Crippen molar-refractivity contribution in [2.24, 2.45) is 0 Å². The van der Waals surface area contributed by atoms with Crippen molar-refractivity contribution in [3.8, 4) is 5.75 Å². The zero-order valence-corrected chi connectivity index (χ0v) is 6.94. The Balaban J connectivity index is 3.25. The molecule has 0 aliphatic heterocycles. The molecule has 0 saturated carbocycles. The molecule has 0 saturated heterocycles. The van der Waals surface area contributed by atoms with Crippen LogP contribution in [0.15, 0.2) is 12.1 Å². The van der Waals surface area contributed by atoms with E-state index < -0.39 is 29.3 Å². The lowest BCUT2D eigenvalue weighted by Crippen LogP contribution is -2.19. The van der Waals surface area contributed by atoms with E-state index in [0.29, 0.717) is 12.1 Å². The van der Waals surface area contributed by atoms with Gasteiger partial charge in [-0.1, -0.05) is 0 Å². The minimum atomic E-state index is -5.19. The van der Waals surface area contributed by atoms with Crippen LogP contribution >= 0.6 is 0 Å². The minimum absolute atomic E-state index is 0.251. The molecule has 15 heavy (non-hydrogen) atoms. The van der Waals surface area contributed by atoms with E-state index in [4.69, 9.17) is 0 Å². The zero-order valence-electron chi connectivity index (χ0n) is 6.94. The number of alkyl halides is 3. The maximum Gasteiger partial charge on any atom is 0.573 e. The molecule has 0 spiro atoms. The Morgan fingerprint density at radius 3 is 2.13 bits per heavy atom. The first-order chi connectivity index (χ1) is 6.85. The van der Waals surface area contributed by atoms with Gasteiger partial charge in [0, 0.05) is 0 Å². The van der Waals surface area contributed by atoms with Gasteiger partial charge < -0.3 is 4.74 Å². The normalized spacial score (nSPS) is 11.3. The van der Waals surface area contributed by atoms with Crippen LogP contribution in [0.5, 0.6) is 5.75 Å². The van der Waals surface area contributed by atoms with Crippen molar-refractivity contribution in [2.45, 2.75) is 6.36 Å². The maximum absolute atomic E-state index is 12.8. The summed E-state index contributed by atoms with van der Waals surface area (Å²) < 4.78 is 64.0. The van der Waals surface area contributed by atoms with E-state index >= 15 is 0 Å². The first-order valence-corrected chi connectivity index (χ1v) is 3.54. The van der Waals surface area contributed by atoms with Crippen LogP contribution in [-0.2, 0) is 0 Å². The van der Waals surface area contributed by atoms with Crippen LogP contribution in [0.2, 0.25) is 0 Å². The van der Waals surface area contributed by atoms with Crippen LogP contribution in [0.4, 0.5) is 22.0 Å². The van der Waals surface area contributed by atoms with Gasteiger partial charge in [-0.25, -0.2) is 8.78 Å². The molecule has 2 nitrogen and oxygen atoms in total. The van der Waals surface area contributed by atoms with E-state index in [9.17, 15) is 26.7 Å². The van der Waals surface area contributed by atoms with Gasteiger partial charge in [0.2, 0.25) is 0 Å². The molecule has 0 atom stereocenters. The average molecular weight is 226 g/mol. The summed E-state index contributed by atoms with van der Waals surface area (Å²) in [7, 11) is 0. The van der Waals surface area contributed by atoms with Gasteiger partial charge in [-0.15, -0.1) is 13.2 Å². The van der Waals surface area contributed by atoms with Crippen LogP contribution in [-0.4, -0.2) is 12.6 Å². The molecule has 0 radical (unpaired) electrons. The number of ether oxygens (including phenoxy) is 1. The van der Waals surface area contributed by atoms with E-state index in [1.165, 1.54) is 0 Å². The van der Waals surface area contributed by atoms with Crippen molar-refractivity contribution in [1.29, 1.82) is 0 Å². The summed E-state index contributed by atoms with van der Waals surface area (Å²) in [6, 6.07) is 0.964. The number of rotatable bonds is 2. The van der Waals surface area contributed by atoms with Gasteiger partial charge in [0.1, 0.15) is 5.82 Å². The number of benzene rings is 1. The van der Waals surface area contributed by atoms with Gasteiger partial charge >= 0.3 is 6.36 Å². The number of aldehydes is 1. The van der Waals surface area contributed by atoms with E-state index in [-0.39, 0.29) is 6.29 Å². The van der Waals surface area contributed by atoms with E-state index in [2.05, 4.69) is 4.74 Å². The molecule has 0 aliphatic rings. The Morgan fingerprint density at radius 1 is 1.13 bits per heavy atom. The highest BCUT2D eigenvalue weighted by atomic mass is 19.4. The molecule has 1 rings (SSSR count). The third kappa shape index (κ3) is 2.64. The molecule has 0 heterocycles. The fourth-order valence-electron chi connectivity index (χ4n) is 0.878. The van der Waals surface area contributed by atoms with Crippen LogP contribution < -0.4 is 4.74 Å². The van der Waals surface area contributed by atoms with Crippen molar-refractivity contribution >= 4 is 6.29 Å². The van der Waals surface area contributed by atoms with Crippen molar-refractivity contribution in [3.63, 3.8) is 0 Å². The smallest absolute Gasteiger partial charge is 0.402 e. The SMILES string of the molecule is O=Cc1c(F)ccc(F)c1OC(F)(F)F. The summed E-state index contributed by atoms with van der Waals surface area (Å²) in [4.78, 5) is 10.2. The predicted octanol–water partition coefficient (Wildman–Crippen LogP) is 2.68. The molecule has 7 heteroatoms. The van der Waals surface area contributed by atoms with Gasteiger partial charge in [0.15, 0.2) is 17.9 Å². The second kappa shape index (κ2) is 3.84. The van der Waals surface area contributed by atoms with Gasteiger partial charge in [0.05, 0.1) is 5.56 Å². The van der Waals surface area contributed by atoms with Crippen LogP contribution in [0.1, 0.15) is 10.4 Å². The van der Waals surface area contributed by atoms with E-state index in [0.717, 1.165) is 0 Å². The maximum atomic E-state index is 12.8. The average Bonchev–Trinajstić information content (AvgIpc) is 2.10. The van der Waals surface area contributed by atoms with Crippen molar-refractivity contribution < 1.29 is 31.5 Å². The lowest BCUT2D eigenvalue weighted by atomic mass is 10.2. The highest BCUT2D eigenvalue weighted by Crippen LogP contribution is 2.29. The second-order valence-electron chi connectivity index (χ2n) is 2.44. The van der Waals surface area contributed by atoms with Gasteiger partial charge in [0.25, 0.3) is 0 Å². The molecular weight excluding hydrogens is 223 g/mol. The molecule has 0 aromatic heterocycles. The van der Waals surface area contributed by atoms with Crippen molar-refractivity contribution in [1.82, 2.24) is 0 Å². The third-order valence-corrected chi connectivity index (χ3v) is 1.43. The topological polar surface area (TPSA) is 26.3 Å². The Labute approximate surface area is 80.3 Å². The summed E-state index contributed by atoms with van der Waals surface area (Å²) in [5.41, 5.74) is -1.10. The number of hydrogen-bond donors (Lipinski definition) is 0. The fraction of sp³-hybridized carbons (Fsp3) is 0.125. The fourth-order valence-corrected chi connectivity index (χ4v) is 0.878. The first-order valence-electron chi connectivity index (χ1n) is 3.54.